The first-order valence-corrected chi connectivity index (χ1v) is 9.74. The van der Waals surface area contributed by atoms with Crippen LogP contribution in [0.1, 0.15) is 47.4 Å². The molecule has 4 heterocycles. The number of nitrogens with zero attached hydrogens (tertiary/aromatic N) is 2. The number of carbonyl (C=O) groups excluding carboxylic acids is 1. The summed E-state index contributed by atoms with van der Waals surface area (Å²) in [4.78, 5) is 25.7. The molecule has 0 fully saturated rings. The predicted molar refractivity (Wildman–Crippen MR) is 111 cm³/mol. The average Bonchev–Trinajstić information content (AvgIpc) is 3.13. The fourth-order valence-electron chi connectivity index (χ4n) is 4.19. The van der Waals surface area contributed by atoms with Gasteiger partial charge < -0.3 is 15.6 Å². The number of nitrogens with one attached hydrogen (secondary N) is 3. The highest BCUT2D eigenvalue weighted by Crippen LogP contribution is 2.35. The highest BCUT2D eigenvalue weighted by Gasteiger charge is 2.29. The van der Waals surface area contributed by atoms with Crippen LogP contribution in [0.3, 0.4) is 0 Å². The fraction of sp³-hybridized carbons (Fsp3) is 0.318. The lowest BCUT2D eigenvalue weighted by molar-refractivity contribution is 0.0939. The van der Waals surface area contributed by atoms with Crippen LogP contribution in [-0.2, 0) is 0 Å². The third kappa shape index (κ3) is 2.59. The van der Waals surface area contributed by atoms with Crippen LogP contribution in [-0.4, -0.2) is 33.4 Å². The maximum atomic E-state index is 12.5. The minimum Gasteiger partial charge on any atom is -0.362 e. The molecule has 6 nitrogen and oxygen atoms in total. The molecule has 2 aromatic heterocycles. The van der Waals surface area contributed by atoms with Crippen LogP contribution in [0.25, 0.3) is 22.3 Å². The second-order valence-corrected chi connectivity index (χ2v) is 7.81. The number of aromatic nitrogens is 3. The number of amides is 1. The molecule has 1 unspecified atom stereocenters. The van der Waals surface area contributed by atoms with E-state index < -0.39 is 0 Å². The van der Waals surface area contributed by atoms with E-state index in [0.717, 1.165) is 63.5 Å². The van der Waals surface area contributed by atoms with E-state index in [-0.39, 0.29) is 17.9 Å². The van der Waals surface area contributed by atoms with Crippen LogP contribution >= 0.6 is 0 Å². The Morgan fingerprint density at radius 1 is 1.21 bits per heavy atom. The SMILES string of the molecule is C=C1CCC2CNC(=O)c3cc([nH]c32)-c2cccc3nc(C)c(nc23)N[C@@H]1C. The lowest BCUT2D eigenvalue weighted by Crippen LogP contribution is -2.34. The first kappa shape index (κ1) is 17.0. The highest BCUT2D eigenvalue weighted by molar-refractivity contribution is 6.00. The quantitative estimate of drug-likeness (QED) is 0.522. The van der Waals surface area contributed by atoms with Crippen molar-refractivity contribution >= 4 is 22.8 Å². The first-order chi connectivity index (χ1) is 13.5. The number of hydrogen-bond donors (Lipinski definition) is 3. The summed E-state index contributed by atoms with van der Waals surface area (Å²) < 4.78 is 0. The molecular weight excluding hydrogens is 350 g/mol. The molecule has 4 bridgehead atoms. The van der Waals surface area contributed by atoms with E-state index in [1.54, 1.807) is 0 Å². The minimum absolute atomic E-state index is 0.0161. The summed E-state index contributed by atoms with van der Waals surface area (Å²) in [6.07, 6.45) is 1.81. The second-order valence-electron chi connectivity index (χ2n) is 7.81. The summed E-state index contributed by atoms with van der Waals surface area (Å²) in [5.41, 5.74) is 7.27. The summed E-state index contributed by atoms with van der Waals surface area (Å²) in [5.74, 6) is 1.01. The molecule has 0 saturated heterocycles. The Labute approximate surface area is 163 Å². The van der Waals surface area contributed by atoms with Gasteiger partial charge in [-0.05, 0) is 38.8 Å². The van der Waals surface area contributed by atoms with Crippen molar-refractivity contribution < 1.29 is 4.79 Å². The van der Waals surface area contributed by atoms with E-state index in [0.29, 0.717) is 6.54 Å². The summed E-state index contributed by atoms with van der Waals surface area (Å²) >= 11 is 0. The van der Waals surface area contributed by atoms with E-state index in [1.807, 2.05) is 31.2 Å². The molecule has 3 aromatic rings. The molecule has 0 radical (unpaired) electrons. The van der Waals surface area contributed by atoms with Crippen LogP contribution in [0.2, 0.25) is 0 Å². The van der Waals surface area contributed by atoms with Gasteiger partial charge >= 0.3 is 0 Å². The van der Waals surface area contributed by atoms with Crippen LogP contribution in [0.4, 0.5) is 5.82 Å². The normalized spacial score (nSPS) is 21.5. The van der Waals surface area contributed by atoms with Crippen LogP contribution in [0.5, 0.6) is 0 Å². The molecule has 0 spiro atoms. The third-order valence-corrected chi connectivity index (χ3v) is 5.95. The number of aryl methyl sites for hydroxylation is 1. The molecule has 0 saturated carbocycles. The zero-order valence-corrected chi connectivity index (χ0v) is 16.1. The number of fused-ring (bicyclic) bond motifs is 3. The number of anilines is 1. The lowest BCUT2D eigenvalue weighted by Gasteiger charge is -2.24. The summed E-state index contributed by atoms with van der Waals surface area (Å²) in [6, 6.07) is 8.03. The number of carbonyl (C=O) groups is 1. The Hall–Kier alpha value is -3.15. The van der Waals surface area contributed by atoms with Crippen molar-refractivity contribution in [3.05, 3.63) is 53.4 Å². The standard InChI is InChI=1S/C22H23N5O/c1-11-7-8-14-10-23-22(28)16-9-18(26-19(14)16)15-5-4-6-17-20(15)27-21(13(3)24-17)25-12(11)2/h4-6,9,12,14,26H,1,7-8,10H2,2-3H3,(H,23,28)(H,25,27)/t12-,14?/m1/s1. The summed E-state index contributed by atoms with van der Waals surface area (Å²) in [7, 11) is 0. The molecule has 28 heavy (non-hydrogen) atoms. The van der Waals surface area contributed by atoms with Gasteiger partial charge in [-0.25, -0.2) is 9.97 Å². The molecule has 5 rings (SSSR count). The molecule has 1 aromatic carbocycles. The van der Waals surface area contributed by atoms with Crippen molar-refractivity contribution in [2.24, 2.45) is 0 Å². The molecule has 2 atom stereocenters. The maximum absolute atomic E-state index is 12.5. The first-order valence-electron chi connectivity index (χ1n) is 9.74. The molecule has 0 aliphatic carbocycles. The molecular formula is C22H23N5O. The van der Waals surface area contributed by atoms with Crippen molar-refractivity contribution in [1.82, 2.24) is 20.3 Å². The van der Waals surface area contributed by atoms with Crippen LogP contribution in [0.15, 0.2) is 36.4 Å². The van der Waals surface area contributed by atoms with Gasteiger partial charge in [0.1, 0.15) is 11.3 Å². The van der Waals surface area contributed by atoms with Gasteiger partial charge in [0.05, 0.1) is 16.8 Å². The van der Waals surface area contributed by atoms with Crippen LogP contribution in [0, 0.1) is 6.92 Å². The second kappa shape index (κ2) is 6.19. The van der Waals surface area contributed by atoms with Crippen molar-refractivity contribution in [3.63, 3.8) is 0 Å². The van der Waals surface area contributed by atoms with Gasteiger partial charge in [-0.15, -0.1) is 0 Å². The van der Waals surface area contributed by atoms with Crippen molar-refractivity contribution in [2.75, 3.05) is 11.9 Å². The van der Waals surface area contributed by atoms with Crippen molar-refractivity contribution in [3.8, 4) is 11.3 Å². The highest BCUT2D eigenvalue weighted by atomic mass is 16.1. The Kier molecular flexibility index (Phi) is 3.75. The summed E-state index contributed by atoms with van der Waals surface area (Å²) in [6.45, 7) is 9.02. The molecule has 2 aliphatic heterocycles. The van der Waals surface area contributed by atoms with Gasteiger partial charge in [0.2, 0.25) is 0 Å². The molecule has 1 amide bonds. The molecule has 3 N–H and O–H groups in total. The molecule has 142 valence electrons. The maximum Gasteiger partial charge on any atom is 0.253 e. The van der Waals surface area contributed by atoms with Gasteiger partial charge in [-0.3, -0.25) is 4.79 Å². The van der Waals surface area contributed by atoms with Gasteiger partial charge in [0.25, 0.3) is 5.91 Å². The monoisotopic (exact) mass is 373 g/mol. The average molecular weight is 373 g/mol. The van der Waals surface area contributed by atoms with Gasteiger partial charge in [-0.1, -0.05) is 24.3 Å². The van der Waals surface area contributed by atoms with Crippen LogP contribution < -0.4 is 10.6 Å². The van der Waals surface area contributed by atoms with Gasteiger partial charge in [0, 0.05) is 35.5 Å². The number of rotatable bonds is 0. The largest absolute Gasteiger partial charge is 0.362 e. The zero-order chi connectivity index (χ0) is 19.4. The minimum atomic E-state index is -0.0161. The van der Waals surface area contributed by atoms with E-state index >= 15 is 0 Å². The topological polar surface area (TPSA) is 82.7 Å². The van der Waals surface area contributed by atoms with Gasteiger partial charge in [-0.2, -0.15) is 0 Å². The Morgan fingerprint density at radius 2 is 2.07 bits per heavy atom. The number of H-pyrrole nitrogens is 1. The fourth-order valence-corrected chi connectivity index (χ4v) is 4.19. The van der Waals surface area contributed by atoms with E-state index in [1.165, 1.54) is 0 Å². The number of aromatic amines is 1. The summed E-state index contributed by atoms with van der Waals surface area (Å²) in [5, 5.41) is 6.53. The predicted octanol–water partition coefficient (Wildman–Crippen LogP) is 3.91. The lowest BCUT2D eigenvalue weighted by atomic mass is 9.90. The smallest absolute Gasteiger partial charge is 0.253 e. The number of benzene rings is 1. The van der Waals surface area contributed by atoms with E-state index in [9.17, 15) is 4.79 Å². The molecule has 2 aliphatic rings. The van der Waals surface area contributed by atoms with E-state index in [2.05, 4.69) is 29.1 Å². The number of para-hydroxylation sites is 1. The Bertz CT molecular complexity index is 1130. The zero-order valence-electron chi connectivity index (χ0n) is 16.1. The number of hydrogen-bond acceptors (Lipinski definition) is 4. The van der Waals surface area contributed by atoms with E-state index in [4.69, 9.17) is 9.97 Å². The third-order valence-electron chi connectivity index (χ3n) is 5.95. The Morgan fingerprint density at radius 3 is 2.93 bits per heavy atom. The van der Waals surface area contributed by atoms with Crippen molar-refractivity contribution in [2.45, 2.75) is 38.6 Å². The Balaban J connectivity index is 1.78. The van der Waals surface area contributed by atoms with Gasteiger partial charge in [0.15, 0.2) is 0 Å². The molecule has 6 heteroatoms. The van der Waals surface area contributed by atoms with Crippen molar-refractivity contribution in [1.29, 1.82) is 0 Å².